The Morgan fingerprint density at radius 1 is 1.21 bits per heavy atom. The van der Waals surface area contributed by atoms with Crippen molar-refractivity contribution < 1.29 is 23.6 Å². The highest BCUT2D eigenvalue weighted by atomic mass is 35.5. The van der Waals surface area contributed by atoms with Crippen molar-refractivity contribution >= 4 is 34.5 Å². The van der Waals surface area contributed by atoms with Gasteiger partial charge >= 0.3 is 0 Å². The van der Waals surface area contributed by atoms with E-state index in [1.807, 2.05) is 6.20 Å². The van der Waals surface area contributed by atoms with Crippen LogP contribution in [0.4, 0.5) is 0 Å². The summed E-state index contributed by atoms with van der Waals surface area (Å²) < 4.78 is 19.1. The van der Waals surface area contributed by atoms with Crippen molar-refractivity contribution in [2.24, 2.45) is 0 Å². The molecule has 12 nitrogen and oxygen atoms in total. The van der Waals surface area contributed by atoms with Crippen molar-refractivity contribution in [2.75, 3.05) is 19.7 Å². The topological polar surface area (TPSA) is 138 Å². The second-order valence-corrected chi connectivity index (χ2v) is 10.1. The van der Waals surface area contributed by atoms with Gasteiger partial charge in [0.2, 0.25) is 0 Å². The summed E-state index contributed by atoms with van der Waals surface area (Å²) in [5.41, 5.74) is 3.03. The minimum Gasteiger partial charge on any atom is -0.492 e. The van der Waals surface area contributed by atoms with Crippen LogP contribution in [0.1, 0.15) is 44.2 Å². The lowest BCUT2D eigenvalue weighted by molar-refractivity contribution is 0.0291. The van der Waals surface area contributed by atoms with Crippen molar-refractivity contribution in [3.05, 3.63) is 63.7 Å². The zero-order valence-electron chi connectivity index (χ0n) is 21.4. The monoisotopic (exact) mass is 551 g/mol. The van der Waals surface area contributed by atoms with E-state index in [1.54, 1.807) is 47.7 Å². The fraction of sp³-hybridized carbons (Fsp3) is 0.385. The summed E-state index contributed by atoms with van der Waals surface area (Å²) in [6.45, 7) is 5.25. The Balaban J connectivity index is 1.30. The molecule has 39 heavy (non-hydrogen) atoms. The van der Waals surface area contributed by atoms with Gasteiger partial charge < -0.3 is 24.2 Å². The number of fused-ring (bicyclic) bond motifs is 6. The highest BCUT2D eigenvalue weighted by molar-refractivity contribution is 6.32. The molecule has 2 aliphatic rings. The molecule has 0 saturated carbocycles. The van der Waals surface area contributed by atoms with Gasteiger partial charge in [0.1, 0.15) is 11.4 Å². The number of pyridine rings is 1. The SMILES string of the molecule is Cc1cc(C(=O)N2C[C@@H]3NC(=O)c4ccc(Cl)c(c4)OCCCn4cc(nn4)CO[C@H]3C2)c2c(C)noc2n1. The van der Waals surface area contributed by atoms with Crippen molar-refractivity contribution in [1.82, 2.24) is 35.4 Å². The molecule has 5 heterocycles. The van der Waals surface area contributed by atoms with Crippen LogP contribution in [0.2, 0.25) is 5.02 Å². The quantitative estimate of drug-likeness (QED) is 0.378. The molecular formula is C26H26ClN7O5. The summed E-state index contributed by atoms with van der Waals surface area (Å²) in [4.78, 5) is 33.1. The highest BCUT2D eigenvalue weighted by Gasteiger charge is 2.38. The van der Waals surface area contributed by atoms with E-state index in [9.17, 15) is 9.59 Å². The van der Waals surface area contributed by atoms with E-state index in [1.165, 1.54) is 0 Å². The van der Waals surface area contributed by atoms with Crippen LogP contribution in [0, 0.1) is 13.8 Å². The number of hydrogen-bond donors (Lipinski definition) is 1. The largest absolute Gasteiger partial charge is 0.492 e. The van der Waals surface area contributed by atoms with Crippen molar-refractivity contribution in [1.29, 1.82) is 0 Å². The van der Waals surface area contributed by atoms with Crippen molar-refractivity contribution in [2.45, 2.75) is 45.6 Å². The molecule has 6 rings (SSSR count). The Hall–Kier alpha value is -4.03. The number of benzene rings is 1. The number of carbonyl (C=O) groups excluding carboxylic acids is 2. The zero-order valence-corrected chi connectivity index (χ0v) is 22.1. The fourth-order valence-corrected chi connectivity index (χ4v) is 5.10. The number of likely N-dealkylation sites (tertiary alicyclic amines) is 1. The summed E-state index contributed by atoms with van der Waals surface area (Å²) in [6.07, 6.45) is 2.00. The first kappa shape index (κ1) is 25.3. The molecule has 13 heteroatoms. The summed E-state index contributed by atoms with van der Waals surface area (Å²) in [6, 6.07) is 6.14. The molecule has 4 aromatic rings. The van der Waals surface area contributed by atoms with Crippen molar-refractivity contribution in [3.63, 3.8) is 0 Å². The van der Waals surface area contributed by atoms with Gasteiger partial charge in [-0.2, -0.15) is 0 Å². The first-order chi connectivity index (χ1) is 18.9. The molecule has 1 N–H and O–H groups in total. The number of nitrogens with zero attached hydrogens (tertiary/aromatic N) is 6. The van der Waals surface area contributed by atoms with Crippen LogP contribution >= 0.6 is 11.6 Å². The highest BCUT2D eigenvalue weighted by Crippen LogP contribution is 2.28. The number of aryl methyl sites for hydroxylation is 3. The lowest BCUT2D eigenvalue weighted by atomic mass is 10.1. The maximum atomic E-state index is 13.8. The van der Waals surface area contributed by atoms with Gasteiger partial charge in [0.25, 0.3) is 17.5 Å². The third kappa shape index (κ3) is 5.04. The molecule has 1 fully saturated rings. The number of carbonyl (C=O) groups is 2. The van der Waals surface area contributed by atoms with Gasteiger partial charge in [-0.1, -0.05) is 22.0 Å². The van der Waals surface area contributed by atoms with E-state index in [-0.39, 0.29) is 31.5 Å². The standard InChI is InChI=1S/C26H26ClN7O5/c1-14-8-18(23-15(2)31-39-25(23)28-14)26(36)33-11-20-22(12-33)38-13-17-10-34(32-30-17)6-3-7-37-21-9-16(24(35)29-20)4-5-19(21)27/h4-5,8-10,20,22H,3,6-7,11-13H2,1-2H3,(H,29,35)/t20-,22-/m0/s1. The third-order valence-electron chi connectivity index (χ3n) is 6.86. The number of rotatable bonds is 1. The normalized spacial score (nSPS) is 20.0. The molecule has 3 aromatic heterocycles. The zero-order chi connectivity index (χ0) is 27.1. The van der Waals surface area contributed by atoms with Crippen LogP contribution in [-0.2, 0) is 17.9 Å². The number of aromatic nitrogens is 5. The number of amides is 2. The number of nitrogens with one attached hydrogen (secondary N) is 1. The molecule has 1 saturated heterocycles. The molecule has 202 valence electrons. The first-order valence-electron chi connectivity index (χ1n) is 12.6. The number of ether oxygens (including phenoxy) is 2. The van der Waals surface area contributed by atoms with Crippen LogP contribution in [-0.4, -0.2) is 73.7 Å². The van der Waals surface area contributed by atoms with Crippen LogP contribution in [0.5, 0.6) is 5.75 Å². The van der Waals surface area contributed by atoms with Gasteiger partial charge in [-0.25, -0.2) is 4.98 Å². The van der Waals surface area contributed by atoms with E-state index >= 15 is 0 Å². The average Bonchev–Trinajstić information content (AvgIpc) is 3.64. The minimum absolute atomic E-state index is 0.185. The third-order valence-corrected chi connectivity index (χ3v) is 7.17. The van der Waals surface area contributed by atoms with Gasteiger partial charge in [0.15, 0.2) is 0 Å². The molecule has 0 radical (unpaired) electrons. The Kier molecular flexibility index (Phi) is 6.65. The lowest BCUT2D eigenvalue weighted by Gasteiger charge is -2.20. The molecule has 2 aliphatic heterocycles. The second-order valence-electron chi connectivity index (χ2n) is 9.72. The second kappa shape index (κ2) is 10.3. The fourth-order valence-electron chi connectivity index (χ4n) is 4.93. The molecule has 2 amide bonds. The van der Waals surface area contributed by atoms with Crippen LogP contribution in [0.25, 0.3) is 11.1 Å². The number of hydrogen-bond acceptors (Lipinski definition) is 9. The first-order valence-corrected chi connectivity index (χ1v) is 13.0. The summed E-state index contributed by atoms with van der Waals surface area (Å²) in [7, 11) is 0. The Morgan fingerprint density at radius 2 is 2.08 bits per heavy atom. The van der Waals surface area contributed by atoms with Gasteiger partial charge in [-0.15, -0.1) is 5.10 Å². The van der Waals surface area contributed by atoms with Crippen molar-refractivity contribution in [3.8, 4) is 5.75 Å². The average molecular weight is 552 g/mol. The van der Waals surface area contributed by atoms with Gasteiger partial charge in [0, 0.05) is 37.3 Å². The molecule has 0 aliphatic carbocycles. The van der Waals surface area contributed by atoms with Crippen LogP contribution in [0.3, 0.4) is 0 Å². The Bertz CT molecular complexity index is 1570. The van der Waals surface area contributed by atoms with Gasteiger partial charge in [0.05, 0.1) is 53.2 Å². The molecule has 1 aromatic carbocycles. The summed E-state index contributed by atoms with van der Waals surface area (Å²) >= 11 is 6.31. The van der Waals surface area contributed by atoms with E-state index in [4.69, 9.17) is 25.6 Å². The van der Waals surface area contributed by atoms with E-state index in [0.717, 1.165) is 0 Å². The Labute approximate surface area is 228 Å². The van der Waals surface area contributed by atoms with E-state index in [0.29, 0.717) is 69.7 Å². The predicted octanol–water partition coefficient (Wildman–Crippen LogP) is 2.71. The molecule has 0 spiro atoms. The number of halogens is 1. The summed E-state index contributed by atoms with van der Waals surface area (Å²) in [5, 5.41) is 16.4. The van der Waals surface area contributed by atoms with Crippen LogP contribution in [0.15, 0.2) is 35.0 Å². The van der Waals surface area contributed by atoms with Crippen LogP contribution < -0.4 is 10.1 Å². The maximum absolute atomic E-state index is 13.8. The molecule has 0 unspecified atom stereocenters. The molecule has 2 atom stereocenters. The lowest BCUT2D eigenvalue weighted by Crippen LogP contribution is -2.44. The summed E-state index contributed by atoms with van der Waals surface area (Å²) in [5.74, 6) is -0.117. The van der Waals surface area contributed by atoms with E-state index in [2.05, 4.69) is 25.8 Å². The van der Waals surface area contributed by atoms with E-state index < -0.39 is 12.1 Å². The smallest absolute Gasteiger partial charge is 0.258 e. The van der Waals surface area contributed by atoms with Gasteiger partial charge in [-0.05, 0) is 38.1 Å². The predicted molar refractivity (Wildman–Crippen MR) is 139 cm³/mol. The van der Waals surface area contributed by atoms with Gasteiger partial charge in [-0.3, -0.25) is 14.3 Å². The molecular weight excluding hydrogens is 526 g/mol. The maximum Gasteiger partial charge on any atom is 0.258 e. The molecule has 4 bridgehead atoms. The Morgan fingerprint density at radius 3 is 2.95 bits per heavy atom. The minimum atomic E-state index is -0.485.